The van der Waals surface area contributed by atoms with E-state index in [1.165, 1.54) is 7.11 Å². The lowest BCUT2D eigenvalue weighted by Crippen LogP contribution is -2.43. The normalized spacial score (nSPS) is 11.5. The molecule has 0 aliphatic rings. The van der Waals surface area contributed by atoms with Crippen molar-refractivity contribution in [2.75, 3.05) is 12.8 Å². The van der Waals surface area contributed by atoms with Crippen molar-refractivity contribution in [2.45, 2.75) is 12.5 Å². The molecule has 5 nitrogen and oxygen atoms in total. The van der Waals surface area contributed by atoms with Gasteiger partial charge in [-0.05, 0) is 29.8 Å². The molecule has 0 radical (unpaired) electrons. The van der Waals surface area contributed by atoms with Gasteiger partial charge in [0, 0.05) is 17.7 Å². The molecule has 5 heteroatoms. The number of hydrogen-bond donors (Lipinski definition) is 2. The first-order valence-corrected chi connectivity index (χ1v) is 6.88. The van der Waals surface area contributed by atoms with Crippen molar-refractivity contribution in [3.05, 3.63) is 65.7 Å². The van der Waals surface area contributed by atoms with Crippen LogP contribution in [0.5, 0.6) is 0 Å². The lowest BCUT2D eigenvalue weighted by Gasteiger charge is -2.16. The monoisotopic (exact) mass is 298 g/mol. The minimum absolute atomic E-state index is 0.341. The Labute approximate surface area is 129 Å². The number of benzene rings is 2. The molecule has 0 saturated heterocycles. The number of anilines is 1. The number of carbonyl (C=O) groups is 2. The van der Waals surface area contributed by atoms with Crippen molar-refractivity contribution in [1.29, 1.82) is 0 Å². The molecule has 2 aromatic carbocycles. The first kappa shape index (κ1) is 15.6. The average molecular weight is 298 g/mol. The quantitative estimate of drug-likeness (QED) is 0.651. The number of carbonyl (C=O) groups excluding carboxylic acids is 2. The number of methoxy groups -OCH3 is 1. The molecular formula is C17H18N2O3. The second kappa shape index (κ2) is 7.26. The smallest absolute Gasteiger partial charge is 0.328 e. The van der Waals surface area contributed by atoms with Gasteiger partial charge in [-0.3, -0.25) is 4.79 Å². The van der Waals surface area contributed by atoms with Crippen LogP contribution in [0.3, 0.4) is 0 Å². The van der Waals surface area contributed by atoms with E-state index in [-0.39, 0.29) is 5.91 Å². The molecule has 22 heavy (non-hydrogen) atoms. The van der Waals surface area contributed by atoms with Crippen LogP contribution in [0.1, 0.15) is 15.9 Å². The fourth-order valence-corrected chi connectivity index (χ4v) is 2.06. The third kappa shape index (κ3) is 4.09. The molecule has 1 amide bonds. The highest BCUT2D eigenvalue weighted by molar-refractivity contribution is 5.97. The summed E-state index contributed by atoms with van der Waals surface area (Å²) in [5.74, 6) is -0.820. The van der Waals surface area contributed by atoms with Crippen LogP contribution in [0.4, 0.5) is 5.69 Å². The van der Waals surface area contributed by atoms with E-state index in [4.69, 9.17) is 10.5 Å². The molecule has 0 unspecified atom stereocenters. The number of amides is 1. The molecule has 3 N–H and O–H groups in total. The first-order valence-electron chi connectivity index (χ1n) is 6.88. The van der Waals surface area contributed by atoms with Gasteiger partial charge in [0.2, 0.25) is 0 Å². The van der Waals surface area contributed by atoms with Gasteiger partial charge < -0.3 is 15.8 Å². The molecule has 0 fully saturated rings. The molecule has 0 aromatic heterocycles. The van der Waals surface area contributed by atoms with Gasteiger partial charge in [0.15, 0.2) is 0 Å². The van der Waals surface area contributed by atoms with E-state index < -0.39 is 12.0 Å². The maximum atomic E-state index is 12.2. The summed E-state index contributed by atoms with van der Waals surface area (Å²) in [6.07, 6.45) is 0.369. The molecule has 0 saturated carbocycles. The topological polar surface area (TPSA) is 81.4 Å². The van der Waals surface area contributed by atoms with Gasteiger partial charge in [-0.25, -0.2) is 4.79 Å². The van der Waals surface area contributed by atoms with Gasteiger partial charge in [-0.15, -0.1) is 0 Å². The van der Waals surface area contributed by atoms with Crippen molar-refractivity contribution in [3.63, 3.8) is 0 Å². The molecular weight excluding hydrogens is 280 g/mol. The van der Waals surface area contributed by atoms with Gasteiger partial charge in [-0.2, -0.15) is 0 Å². The van der Waals surface area contributed by atoms with E-state index in [9.17, 15) is 9.59 Å². The predicted molar refractivity (Wildman–Crippen MR) is 84.3 cm³/mol. The van der Waals surface area contributed by atoms with Crippen LogP contribution in [0, 0.1) is 0 Å². The number of nitrogens with one attached hydrogen (secondary N) is 1. The molecule has 2 aromatic rings. The van der Waals surface area contributed by atoms with Crippen molar-refractivity contribution >= 4 is 17.6 Å². The lowest BCUT2D eigenvalue weighted by molar-refractivity contribution is -0.142. The average Bonchev–Trinajstić information content (AvgIpc) is 2.55. The van der Waals surface area contributed by atoms with Gasteiger partial charge in [0.1, 0.15) is 6.04 Å². The van der Waals surface area contributed by atoms with Crippen LogP contribution in [-0.2, 0) is 16.0 Å². The highest BCUT2D eigenvalue weighted by Crippen LogP contribution is 2.08. The molecule has 0 bridgehead atoms. The minimum atomic E-state index is -0.738. The maximum Gasteiger partial charge on any atom is 0.328 e. The SMILES string of the molecule is COC(=O)[C@@H](Cc1ccccc1)NC(=O)c1ccc(N)cc1. The Morgan fingerprint density at radius 2 is 1.73 bits per heavy atom. The summed E-state index contributed by atoms with van der Waals surface area (Å²) in [5, 5.41) is 2.70. The Bertz CT molecular complexity index is 639. The Morgan fingerprint density at radius 1 is 1.09 bits per heavy atom. The van der Waals surface area contributed by atoms with E-state index in [2.05, 4.69) is 5.32 Å². The molecule has 0 aliphatic heterocycles. The van der Waals surface area contributed by atoms with E-state index in [1.807, 2.05) is 30.3 Å². The van der Waals surface area contributed by atoms with E-state index >= 15 is 0 Å². The summed E-state index contributed by atoms with van der Waals surface area (Å²) in [5.41, 5.74) is 7.55. The summed E-state index contributed by atoms with van der Waals surface area (Å²) in [7, 11) is 1.30. The van der Waals surface area contributed by atoms with Crippen LogP contribution < -0.4 is 11.1 Å². The molecule has 0 spiro atoms. The number of ether oxygens (including phenoxy) is 1. The first-order chi connectivity index (χ1) is 10.6. The van der Waals surface area contributed by atoms with Crippen LogP contribution >= 0.6 is 0 Å². The van der Waals surface area contributed by atoms with Gasteiger partial charge in [-0.1, -0.05) is 30.3 Å². The van der Waals surface area contributed by atoms with Crippen LogP contribution in [-0.4, -0.2) is 25.0 Å². The number of rotatable bonds is 5. The van der Waals surface area contributed by atoms with Crippen LogP contribution in [0.15, 0.2) is 54.6 Å². The third-order valence-corrected chi connectivity index (χ3v) is 3.25. The van der Waals surface area contributed by atoms with E-state index in [1.54, 1.807) is 24.3 Å². The highest BCUT2D eigenvalue weighted by Gasteiger charge is 2.22. The van der Waals surface area contributed by atoms with Crippen molar-refractivity contribution < 1.29 is 14.3 Å². The van der Waals surface area contributed by atoms with E-state index in [0.29, 0.717) is 17.7 Å². The summed E-state index contributed by atoms with van der Waals surface area (Å²) in [6, 6.07) is 15.2. The zero-order valence-electron chi connectivity index (χ0n) is 12.3. The largest absolute Gasteiger partial charge is 0.467 e. The summed E-state index contributed by atoms with van der Waals surface area (Å²) in [6.45, 7) is 0. The summed E-state index contributed by atoms with van der Waals surface area (Å²) in [4.78, 5) is 24.1. The highest BCUT2D eigenvalue weighted by atomic mass is 16.5. The van der Waals surface area contributed by atoms with Gasteiger partial charge >= 0.3 is 5.97 Å². The number of esters is 1. The third-order valence-electron chi connectivity index (χ3n) is 3.25. The maximum absolute atomic E-state index is 12.2. The zero-order chi connectivity index (χ0) is 15.9. The molecule has 0 heterocycles. The zero-order valence-corrected chi connectivity index (χ0v) is 12.3. The van der Waals surface area contributed by atoms with Crippen LogP contribution in [0.2, 0.25) is 0 Å². The standard InChI is InChI=1S/C17H18N2O3/c1-22-17(21)15(11-12-5-3-2-4-6-12)19-16(20)13-7-9-14(18)10-8-13/h2-10,15H,11,18H2,1H3,(H,19,20)/t15-/m1/s1. The number of nitrogen functional groups attached to an aromatic ring is 1. The summed E-state index contributed by atoms with van der Waals surface area (Å²) < 4.78 is 4.77. The number of nitrogens with two attached hydrogens (primary N) is 1. The minimum Gasteiger partial charge on any atom is -0.467 e. The molecule has 2 rings (SSSR count). The van der Waals surface area contributed by atoms with Crippen molar-refractivity contribution in [3.8, 4) is 0 Å². The molecule has 114 valence electrons. The second-order valence-corrected chi connectivity index (χ2v) is 4.86. The van der Waals surface area contributed by atoms with E-state index in [0.717, 1.165) is 5.56 Å². The van der Waals surface area contributed by atoms with Crippen molar-refractivity contribution in [2.24, 2.45) is 0 Å². The van der Waals surface area contributed by atoms with Crippen LogP contribution in [0.25, 0.3) is 0 Å². The van der Waals surface area contributed by atoms with Gasteiger partial charge in [0.05, 0.1) is 7.11 Å². The fraction of sp³-hybridized carbons (Fsp3) is 0.176. The van der Waals surface area contributed by atoms with Crippen molar-refractivity contribution in [1.82, 2.24) is 5.32 Å². The fourth-order valence-electron chi connectivity index (χ4n) is 2.06. The lowest BCUT2D eigenvalue weighted by atomic mass is 10.1. The Balaban J connectivity index is 2.11. The second-order valence-electron chi connectivity index (χ2n) is 4.86. The Morgan fingerprint density at radius 3 is 2.32 bits per heavy atom. The Hall–Kier alpha value is -2.82. The number of hydrogen-bond acceptors (Lipinski definition) is 4. The van der Waals surface area contributed by atoms with Gasteiger partial charge in [0.25, 0.3) is 5.91 Å². The summed E-state index contributed by atoms with van der Waals surface area (Å²) >= 11 is 0. The predicted octanol–water partition coefficient (Wildman–Crippen LogP) is 1.78. The Kier molecular flexibility index (Phi) is 5.14. The molecule has 0 aliphatic carbocycles. The molecule has 1 atom stereocenters.